The van der Waals surface area contributed by atoms with Crippen LogP contribution in [0.5, 0.6) is 0 Å². The van der Waals surface area contributed by atoms with E-state index in [1.165, 1.54) is 0 Å². The van der Waals surface area contributed by atoms with E-state index in [0.29, 0.717) is 13.2 Å². The zero-order valence-corrected chi connectivity index (χ0v) is 7.05. The lowest BCUT2D eigenvalue weighted by Gasteiger charge is -2.00. The number of nitrogens with two attached hydrogens (primary N) is 1. The second kappa shape index (κ2) is 6.24. The molecule has 54 valence electrons. The largest absolute Gasteiger partial charge is 0.360 e. The van der Waals surface area contributed by atoms with E-state index < -0.39 is 0 Å². The molecule has 3 N–H and O–H groups in total. The molecule has 5 heteroatoms. The standard InChI is InChI=1S/C4H9IN2O2/c5-4(8)7-3-9-2-1-6/h1-3,6H2,(H,7,8). The third-order valence-electron chi connectivity index (χ3n) is 0.575. The van der Waals surface area contributed by atoms with E-state index >= 15 is 0 Å². The Balaban J connectivity index is 2.83. The lowest BCUT2D eigenvalue weighted by atomic mass is 10.7. The van der Waals surface area contributed by atoms with Crippen LogP contribution < -0.4 is 11.1 Å². The fraction of sp³-hybridized carbons (Fsp3) is 0.750. The van der Waals surface area contributed by atoms with Gasteiger partial charge in [-0.25, -0.2) is 0 Å². The summed E-state index contributed by atoms with van der Waals surface area (Å²) in [7, 11) is 0. The van der Waals surface area contributed by atoms with Crippen LogP contribution in [0.15, 0.2) is 0 Å². The summed E-state index contributed by atoms with van der Waals surface area (Å²) in [6, 6.07) is 0. The van der Waals surface area contributed by atoms with E-state index in [-0.39, 0.29) is 10.6 Å². The van der Waals surface area contributed by atoms with Crippen molar-refractivity contribution in [2.45, 2.75) is 0 Å². The van der Waals surface area contributed by atoms with Crippen molar-refractivity contribution in [1.29, 1.82) is 0 Å². The molecule has 0 unspecified atom stereocenters. The van der Waals surface area contributed by atoms with Crippen LogP contribution in [-0.4, -0.2) is 23.8 Å². The van der Waals surface area contributed by atoms with Crippen molar-refractivity contribution in [2.75, 3.05) is 19.9 Å². The van der Waals surface area contributed by atoms with Crippen molar-refractivity contribution >= 4 is 26.5 Å². The highest BCUT2D eigenvalue weighted by Crippen LogP contribution is 1.81. The van der Waals surface area contributed by atoms with Crippen molar-refractivity contribution < 1.29 is 9.53 Å². The topological polar surface area (TPSA) is 64.3 Å². The van der Waals surface area contributed by atoms with E-state index in [1.54, 1.807) is 22.6 Å². The first kappa shape index (κ1) is 9.12. The van der Waals surface area contributed by atoms with E-state index in [9.17, 15) is 4.79 Å². The zero-order chi connectivity index (χ0) is 7.11. The summed E-state index contributed by atoms with van der Waals surface area (Å²) >= 11 is 1.63. The quantitative estimate of drug-likeness (QED) is 0.242. The molecule has 4 nitrogen and oxygen atoms in total. The van der Waals surface area contributed by atoms with Gasteiger partial charge in [0.15, 0.2) is 0 Å². The smallest absolute Gasteiger partial charge is 0.282 e. The van der Waals surface area contributed by atoms with Crippen LogP contribution >= 0.6 is 22.6 Å². The molecular weight excluding hydrogens is 235 g/mol. The zero-order valence-electron chi connectivity index (χ0n) is 4.89. The van der Waals surface area contributed by atoms with Crippen LogP contribution in [0.3, 0.4) is 0 Å². The van der Waals surface area contributed by atoms with Crippen LogP contribution in [-0.2, 0) is 4.74 Å². The van der Waals surface area contributed by atoms with Crippen molar-refractivity contribution in [3.05, 3.63) is 0 Å². The van der Waals surface area contributed by atoms with Crippen LogP contribution in [0, 0.1) is 0 Å². The summed E-state index contributed by atoms with van der Waals surface area (Å²) in [4.78, 5) is 10.2. The molecule has 0 aliphatic rings. The van der Waals surface area contributed by atoms with Gasteiger partial charge < -0.3 is 15.8 Å². The minimum Gasteiger partial charge on any atom is -0.360 e. The molecule has 0 saturated carbocycles. The Morgan fingerprint density at radius 2 is 2.44 bits per heavy atom. The highest BCUT2D eigenvalue weighted by Gasteiger charge is 1.88. The van der Waals surface area contributed by atoms with Gasteiger partial charge in [0.1, 0.15) is 6.73 Å². The van der Waals surface area contributed by atoms with E-state index in [0.717, 1.165) is 0 Å². The van der Waals surface area contributed by atoms with Gasteiger partial charge in [0.05, 0.1) is 6.61 Å². The highest BCUT2D eigenvalue weighted by atomic mass is 127. The predicted octanol–water partition coefficient (Wildman–Crippen LogP) is 0.0638. The molecule has 0 aromatic carbocycles. The molecule has 0 saturated heterocycles. The number of amides is 1. The minimum atomic E-state index is -0.121. The maximum Gasteiger partial charge on any atom is 0.282 e. The van der Waals surface area contributed by atoms with Crippen molar-refractivity contribution in [1.82, 2.24) is 5.32 Å². The summed E-state index contributed by atoms with van der Waals surface area (Å²) in [5.41, 5.74) is 5.11. The second-order valence-electron chi connectivity index (χ2n) is 1.29. The number of rotatable bonds is 4. The third kappa shape index (κ3) is 8.12. The molecule has 9 heavy (non-hydrogen) atoms. The average Bonchev–Trinajstić information content (AvgIpc) is 1.80. The molecule has 1 amide bonds. The molecular formula is C4H9IN2O2. The van der Waals surface area contributed by atoms with Gasteiger partial charge in [0.2, 0.25) is 0 Å². The van der Waals surface area contributed by atoms with E-state index in [1.807, 2.05) is 0 Å². The first-order chi connectivity index (χ1) is 4.27. The lowest BCUT2D eigenvalue weighted by Crippen LogP contribution is -2.22. The van der Waals surface area contributed by atoms with Gasteiger partial charge in [-0.2, -0.15) is 0 Å². The van der Waals surface area contributed by atoms with Crippen LogP contribution in [0.2, 0.25) is 0 Å². The Hall–Kier alpha value is 0.120. The fourth-order valence-electron chi connectivity index (χ4n) is 0.263. The van der Waals surface area contributed by atoms with Gasteiger partial charge in [-0.15, -0.1) is 0 Å². The average molecular weight is 244 g/mol. The Labute approximate surface area is 67.3 Å². The van der Waals surface area contributed by atoms with Gasteiger partial charge in [-0.1, -0.05) is 0 Å². The predicted molar refractivity (Wildman–Crippen MR) is 42.4 cm³/mol. The fourth-order valence-corrected chi connectivity index (χ4v) is 0.419. The Morgan fingerprint density at radius 3 is 2.89 bits per heavy atom. The molecule has 0 aliphatic heterocycles. The summed E-state index contributed by atoms with van der Waals surface area (Å²) in [6.45, 7) is 1.22. The van der Waals surface area contributed by atoms with E-state index in [4.69, 9.17) is 10.5 Å². The normalized spacial score (nSPS) is 9.11. The van der Waals surface area contributed by atoms with Crippen LogP contribution in [0.4, 0.5) is 4.79 Å². The number of carbonyl (C=O) groups excluding carboxylic acids is 1. The summed E-state index contributed by atoms with van der Waals surface area (Å²) < 4.78 is 4.71. The number of carbonyl (C=O) groups is 1. The van der Waals surface area contributed by atoms with Gasteiger partial charge in [0.25, 0.3) is 3.91 Å². The Bertz CT molecular complexity index is 88.6. The van der Waals surface area contributed by atoms with Gasteiger partial charge >= 0.3 is 0 Å². The molecule has 0 spiro atoms. The van der Waals surface area contributed by atoms with Crippen LogP contribution in [0.1, 0.15) is 0 Å². The molecule has 0 atom stereocenters. The van der Waals surface area contributed by atoms with Crippen molar-refractivity contribution in [3.8, 4) is 0 Å². The number of halogens is 1. The van der Waals surface area contributed by atoms with Crippen molar-refractivity contribution in [3.63, 3.8) is 0 Å². The Morgan fingerprint density at radius 1 is 1.78 bits per heavy atom. The molecule has 0 aromatic rings. The van der Waals surface area contributed by atoms with Gasteiger partial charge in [0, 0.05) is 29.1 Å². The molecule has 0 aliphatic carbocycles. The molecule has 0 rings (SSSR count). The third-order valence-corrected chi connectivity index (χ3v) is 0.957. The minimum absolute atomic E-state index is 0.121. The molecule has 0 aromatic heterocycles. The first-order valence-electron chi connectivity index (χ1n) is 2.48. The summed E-state index contributed by atoms with van der Waals surface area (Å²) in [5, 5.41) is 2.45. The maximum atomic E-state index is 10.2. The molecule has 0 fully saturated rings. The van der Waals surface area contributed by atoms with Crippen molar-refractivity contribution in [2.24, 2.45) is 5.73 Å². The summed E-state index contributed by atoms with van der Waals surface area (Å²) in [5.74, 6) is 0. The first-order valence-corrected chi connectivity index (χ1v) is 3.56. The van der Waals surface area contributed by atoms with Gasteiger partial charge in [-0.3, -0.25) is 4.79 Å². The molecule has 0 bridgehead atoms. The second-order valence-corrected chi connectivity index (χ2v) is 2.27. The molecule has 0 radical (unpaired) electrons. The SMILES string of the molecule is NCCOCNC(=O)I. The highest BCUT2D eigenvalue weighted by molar-refractivity contribution is 14.1. The lowest BCUT2D eigenvalue weighted by molar-refractivity contribution is 0.131. The number of ether oxygens (including phenoxy) is 1. The van der Waals surface area contributed by atoms with Gasteiger partial charge in [-0.05, 0) is 0 Å². The Kier molecular flexibility index (Phi) is 6.33. The number of hydrogen-bond acceptors (Lipinski definition) is 3. The number of hydrogen-bond donors (Lipinski definition) is 2. The molecule has 0 heterocycles. The number of nitrogens with one attached hydrogen (secondary N) is 1. The van der Waals surface area contributed by atoms with E-state index in [2.05, 4.69) is 5.32 Å². The monoisotopic (exact) mass is 244 g/mol. The summed E-state index contributed by atoms with van der Waals surface area (Å²) in [6.07, 6.45) is 0. The van der Waals surface area contributed by atoms with Crippen LogP contribution in [0.25, 0.3) is 0 Å². The maximum absolute atomic E-state index is 10.2.